The molecular weight excluding hydrogens is 195 g/mol. The van der Waals surface area contributed by atoms with Crippen molar-refractivity contribution in [2.45, 2.75) is 18.9 Å². The van der Waals surface area contributed by atoms with Crippen molar-refractivity contribution in [2.75, 3.05) is 24.3 Å². The second kappa shape index (κ2) is 3.70. The van der Waals surface area contributed by atoms with Crippen molar-refractivity contribution in [1.82, 2.24) is 0 Å². The van der Waals surface area contributed by atoms with Crippen molar-refractivity contribution < 1.29 is 9.13 Å². The first-order valence-electron chi connectivity index (χ1n) is 5.00. The van der Waals surface area contributed by atoms with Crippen LogP contribution in [0.25, 0.3) is 0 Å². The van der Waals surface area contributed by atoms with Gasteiger partial charge < -0.3 is 15.8 Å². The van der Waals surface area contributed by atoms with Crippen molar-refractivity contribution in [1.29, 1.82) is 0 Å². The van der Waals surface area contributed by atoms with Crippen LogP contribution in [0.5, 0.6) is 0 Å². The molecule has 1 saturated heterocycles. The molecule has 0 spiro atoms. The number of nitrogens with one attached hydrogen (secondary N) is 1. The van der Waals surface area contributed by atoms with Crippen LogP contribution >= 0.6 is 0 Å². The Morgan fingerprint density at radius 2 is 2.33 bits per heavy atom. The quantitative estimate of drug-likeness (QED) is 0.734. The number of rotatable bonds is 2. The van der Waals surface area contributed by atoms with Gasteiger partial charge in [0, 0.05) is 6.61 Å². The third-order valence-electron chi connectivity index (χ3n) is 2.67. The molecule has 82 valence electrons. The lowest BCUT2D eigenvalue weighted by Crippen LogP contribution is -2.35. The Kier molecular flexibility index (Phi) is 2.52. The van der Waals surface area contributed by atoms with Crippen LogP contribution in [0.2, 0.25) is 0 Å². The zero-order valence-electron chi connectivity index (χ0n) is 8.72. The van der Waals surface area contributed by atoms with Crippen molar-refractivity contribution in [3.05, 3.63) is 24.0 Å². The lowest BCUT2D eigenvalue weighted by molar-refractivity contribution is 0.185. The molecule has 1 unspecified atom stereocenters. The van der Waals surface area contributed by atoms with E-state index in [9.17, 15) is 4.39 Å². The fraction of sp³-hybridized carbons (Fsp3) is 0.455. The number of hydrogen-bond acceptors (Lipinski definition) is 3. The van der Waals surface area contributed by atoms with Gasteiger partial charge in [-0.15, -0.1) is 0 Å². The summed E-state index contributed by atoms with van der Waals surface area (Å²) in [6, 6.07) is 4.38. The summed E-state index contributed by atoms with van der Waals surface area (Å²) in [5, 5.41) is 3.30. The number of nitrogen functional groups attached to an aromatic ring is 1. The summed E-state index contributed by atoms with van der Waals surface area (Å²) in [7, 11) is 0. The molecule has 0 aromatic heterocycles. The van der Waals surface area contributed by atoms with Gasteiger partial charge in [0.1, 0.15) is 5.82 Å². The predicted octanol–water partition coefficient (Wildman–Crippen LogP) is 2.00. The van der Waals surface area contributed by atoms with E-state index in [1.807, 2.05) is 0 Å². The Balaban J connectivity index is 2.16. The molecule has 0 bridgehead atoms. The van der Waals surface area contributed by atoms with Crippen LogP contribution in [0.4, 0.5) is 15.8 Å². The molecule has 0 amide bonds. The highest BCUT2D eigenvalue weighted by atomic mass is 19.1. The van der Waals surface area contributed by atoms with Crippen LogP contribution in [0.3, 0.4) is 0 Å². The maximum atomic E-state index is 12.8. The van der Waals surface area contributed by atoms with Gasteiger partial charge in [0.25, 0.3) is 0 Å². The lowest BCUT2D eigenvalue weighted by atomic mass is 10.0. The zero-order valence-corrected chi connectivity index (χ0v) is 8.72. The van der Waals surface area contributed by atoms with Gasteiger partial charge in [-0.05, 0) is 31.5 Å². The van der Waals surface area contributed by atoms with Gasteiger partial charge in [0.05, 0.1) is 23.5 Å². The largest absolute Gasteiger partial charge is 0.397 e. The van der Waals surface area contributed by atoms with E-state index in [1.165, 1.54) is 12.1 Å². The molecule has 4 heteroatoms. The molecule has 2 rings (SSSR count). The lowest BCUT2D eigenvalue weighted by Gasteiger charge is -2.25. The first kappa shape index (κ1) is 10.2. The normalized spacial score (nSPS) is 25.5. The van der Waals surface area contributed by atoms with E-state index in [-0.39, 0.29) is 11.4 Å². The Morgan fingerprint density at radius 3 is 2.93 bits per heavy atom. The maximum Gasteiger partial charge on any atom is 0.125 e. The monoisotopic (exact) mass is 210 g/mol. The Labute approximate surface area is 88.4 Å². The second-order valence-electron chi connectivity index (χ2n) is 4.22. The van der Waals surface area contributed by atoms with Crippen LogP contribution in [0.15, 0.2) is 18.2 Å². The number of ether oxygens (including phenoxy) is 1. The molecule has 1 heterocycles. The summed E-state index contributed by atoms with van der Waals surface area (Å²) in [4.78, 5) is 0. The van der Waals surface area contributed by atoms with Crippen LogP contribution in [-0.2, 0) is 4.74 Å². The highest BCUT2D eigenvalue weighted by molar-refractivity contribution is 5.66. The Hall–Kier alpha value is -1.29. The molecule has 3 nitrogen and oxygen atoms in total. The Morgan fingerprint density at radius 1 is 1.53 bits per heavy atom. The molecule has 1 aromatic carbocycles. The highest BCUT2D eigenvalue weighted by Gasteiger charge is 2.29. The molecule has 0 radical (unpaired) electrons. The highest BCUT2D eigenvalue weighted by Crippen LogP contribution is 2.27. The van der Waals surface area contributed by atoms with E-state index in [0.29, 0.717) is 12.3 Å². The zero-order chi connectivity index (χ0) is 10.9. The number of anilines is 2. The fourth-order valence-electron chi connectivity index (χ4n) is 1.74. The minimum absolute atomic E-state index is 0.0913. The Bertz CT molecular complexity index is 362. The van der Waals surface area contributed by atoms with E-state index in [0.717, 1.165) is 18.7 Å². The van der Waals surface area contributed by atoms with Crippen molar-refractivity contribution >= 4 is 11.4 Å². The smallest absolute Gasteiger partial charge is 0.125 e. The minimum atomic E-state index is -0.314. The molecule has 0 aliphatic carbocycles. The van der Waals surface area contributed by atoms with Gasteiger partial charge in [-0.3, -0.25) is 0 Å². The van der Waals surface area contributed by atoms with Crippen LogP contribution < -0.4 is 11.1 Å². The summed E-state index contributed by atoms with van der Waals surface area (Å²) >= 11 is 0. The van der Waals surface area contributed by atoms with Crippen molar-refractivity contribution in [2.24, 2.45) is 0 Å². The molecule has 1 atom stereocenters. The van der Waals surface area contributed by atoms with Gasteiger partial charge in [0.15, 0.2) is 0 Å². The summed E-state index contributed by atoms with van der Waals surface area (Å²) in [5.74, 6) is -0.314. The van der Waals surface area contributed by atoms with Crippen molar-refractivity contribution in [3.8, 4) is 0 Å². The number of benzene rings is 1. The van der Waals surface area contributed by atoms with Crippen LogP contribution in [0.1, 0.15) is 13.3 Å². The first-order valence-corrected chi connectivity index (χ1v) is 5.00. The van der Waals surface area contributed by atoms with E-state index >= 15 is 0 Å². The van der Waals surface area contributed by atoms with Gasteiger partial charge in [0.2, 0.25) is 0 Å². The minimum Gasteiger partial charge on any atom is -0.397 e. The molecule has 1 aliphatic rings. The third kappa shape index (κ3) is 2.21. The summed E-state index contributed by atoms with van der Waals surface area (Å²) in [5.41, 5.74) is 6.83. The van der Waals surface area contributed by atoms with Gasteiger partial charge in [-0.2, -0.15) is 0 Å². The third-order valence-corrected chi connectivity index (χ3v) is 2.67. The summed E-state index contributed by atoms with van der Waals surface area (Å²) in [6.45, 7) is 3.48. The molecule has 0 saturated carbocycles. The SMILES string of the molecule is CC1(Nc2ccc(F)cc2N)CCOC1. The number of nitrogens with two attached hydrogens (primary N) is 1. The standard InChI is InChI=1S/C11H15FN2O/c1-11(4-5-15-7-11)14-10-3-2-8(12)6-9(10)13/h2-3,6,14H,4-5,7,13H2,1H3. The average Bonchev–Trinajstić information content (AvgIpc) is 2.58. The van der Waals surface area contributed by atoms with E-state index < -0.39 is 0 Å². The molecule has 1 aliphatic heterocycles. The maximum absolute atomic E-state index is 12.8. The van der Waals surface area contributed by atoms with Gasteiger partial charge in [-0.25, -0.2) is 4.39 Å². The van der Waals surface area contributed by atoms with Gasteiger partial charge in [-0.1, -0.05) is 0 Å². The van der Waals surface area contributed by atoms with E-state index in [4.69, 9.17) is 10.5 Å². The van der Waals surface area contributed by atoms with Gasteiger partial charge >= 0.3 is 0 Å². The van der Waals surface area contributed by atoms with Crippen LogP contribution in [-0.4, -0.2) is 18.8 Å². The molecule has 1 aromatic rings. The molecular formula is C11H15FN2O. The number of hydrogen-bond donors (Lipinski definition) is 2. The van der Waals surface area contributed by atoms with E-state index in [1.54, 1.807) is 6.07 Å². The summed E-state index contributed by atoms with van der Waals surface area (Å²) in [6.07, 6.45) is 0.934. The first-order chi connectivity index (χ1) is 7.09. The fourth-order valence-corrected chi connectivity index (χ4v) is 1.74. The van der Waals surface area contributed by atoms with Crippen molar-refractivity contribution in [3.63, 3.8) is 0 Å². The van der Waals surface area contributed by atoms with E-state index in [2.05, 4.69) is 12.2 Å². The molecule has 3 N–H and O–H groups in total. The van der Waals surface area contributed by atoms with Crippen LogP contribution in [0, 0.1) is 5.82 Å². The predicted molar refractivity (Wildman–Crippen MR) is 58.3 cm³/mol. The molecule has 15 heavy (non-hydrogen) atoms. The number of halogens is 1. The topological polar surface area (TPSA) is 47.3 Å². The average molecular weight is 210 g/mol. The summed E-state index contributed by atoms with van der Waals surface area (Å²) < 4.78 is 18.1. The molecule has 1 fully saturated rings. The second-order valence-corrected chi connectivity index (χ2v) is 4.22.